The summed E-state index contributed by atoms with van der Waals surface area (Å²) in [6.07, 6.45) is 0. The number of benzene rings is 2. The Balaban J connectivity index is 2.40. The van der Waals surface area contributed by atoms with Crippen LogP contribution in [0.3, 0.4) is 0 Å². The number of amidine groups is 1. The predicted octanol–water partition coefficient (Wildman–Crippen LogP) is 4.49. The van der Waals surface area contributed by atoms with E-state index in [1.54, 1.807) is 18.2 Å². The van der Waals surface area contributed by atoms with E-state index in [4.69, 9.17) is 27.5 Å². The summed E-state index contributed by atoms with van der Waals surface area (Å²) in [6, 6.07) is 10.7. The van der Waals surface area contributed by atoms with Crippen LogP contribution in [0.5, 0.6) is 11.5 Å². The maximum Gasteiger partial charge on any atom is 0.138 e. The maximum absolute atomic E-state index is 7.56. The summed E-state index contributed by atoms with van der Waals surface area (Å²) < 4.78 is 6.80. The van der Waals surface area contributed by atoms with Crippen molar-refractivity contribution < 1.29 is 4.74 Å². The molecule has 0 aromatic heterocycles. The van der Waals surface area contributed by atoms with Crippen LogP contribution in [0.4, 0.5) is 0 Å². The lowest BCUT2D eigenvalue weighted by Crippen LogP contribution is -2.12. The molecule has 3 nitrogen and oxygen atoms in total. The molecule has 0 unspecified atom stereocenters. The van der Waals surface area contributed by atoms with Crippen molar-refractivity contribution in [2.75, 3.05) is 0 Å². The Bertz CT molecular complexity index is 643. The van der Waals surface area contributed by atoms with Gasteiger partial charge in [0.25, 0.3) is 0 Å². The monoisotopic (exact) mass is 338 g/mol. The van der Waals surface area contributed by atoms with Crippen LogP contribution in [0.2, 0.25) is 5.02 Å². The zero-order chi connectivity index (χ0) is 14.0. The summed E-state index contributed by atoms with van der Waals surface area (Å²) in [5.41, 5.74) is 7.00. The van der Waals surface area contributed by atoms with E-state index in [2.05, 4.69) is 15.9 Å². The molecule has 3 N–H and O–H groups in total. The van der Waals surface area contributed by atoms with Gasteiger partial charge >= 0.3 is 0 Å². The van der Waals surface area contributed by atoms with E-state index in [9.17, 15) is 0 Å². The molecule has 0 aliphatic rings. The van der Waals surface area contributed by atoms with Crippen molar-refractivity contribution in [1.29, 1.82) is 5.41 Å². The largest absolute Gasteiger partial charge is 0.456 e. The number of ether oxygens (including phenoxy) is 1. The lowest BCUT2D eigenvalue weighted by atomic mass is 10.1. The van der Waals surface area contributed by atoms with Gasteiger partial charge in [-0.25, -0.2) is 0 Å². The van der Waals surface area contributed by atoms with Crippen molar-refractivity contribution in [2.45, 2.75) is 6.92 Å². The molecule has 0 atom stereocenters. The molecule has 0 amide bonds. The number of hydrogen-bond acceptors (Lipinski definition) is 2. The average molecular weight is 340 g/mol. The first-order chi connectivity index (χ1) is 8.97. The van der Waals surface area contributed by atoms with Gasteiger partial charge in [0.1, 0.15) is 17.3 Å². The van der Waals surface area contributed by atoms with Crippen molar-refractivity contribution in [3.63, 3.8) is 0 Å². The highest BCUT2D eigenvalue weighted by Gasteiger charge is 2.10. The number of nitrogens with two attached hydrogens (primary N) is 1. The SMILES string of the molecule is Cc1cc(Br)ccc1Oc1ccc(Cl)cc1C(=N)N. The second-order valence-corrected chi connectivity index (χ2v) is 5.42. The van der Waals surface area contributed by atoms with Gasteiger partial charge in [-0.3, -0.25) is 5.41 Å². The van der Waals surface area contributed by atoms with Crippen molar-refractivity contribution in [2.24, 2.45) is 5.73 Å². The fourth-order valence-electron chi connectivity index (χ4n) is 1.65. The van der Waals surface area contributed by atoms with Crippen LogP contribution >= 0.6 is 27.5 Å². The molecular formula is C14H12BrClN2O. The highest BCUT2D eigenvalue weighted by atomic mass is 79.9. The first-order valence-electron chi connectivity index (χ1n) is 5.55. The van der Waals surface area contributed by atoms with Gasteiger partial charge in [0.2, 0.25) is 0 Å². The molecule has 2 aromatic rings. The molecule has 98 valence electrons. The van der Waals surface area contributed by atoms with Crippen LogP contribution in [0.1, 0.15) is 11.1 Å². The highest BCUT2D eigenvalue weighted by Crippen LogP contribution is 2.30. The van der Waals surface area contributed by atoms with Crippen molar-refractivity contribution in [1.82, 2.24) is 0 Å². The topological polar surface area (TPSA) is 59.1 Å². The number of aryl methyl sites for hydroxylation is 1. The standard InChI is InChI=1S/C14H12BrClN2O/c1-8-6-9(15)2-4-12(8)19-13-5-3-10(16)7-11(13)14(17)18/h2-7H,1H3,(H3,17,18). The summed E-state index contributed by atoms with van der Waals surface area (Å²) in [5.74, 6) is 1.16. The molecule has 0 radical (unpaired) electrons. The lowest BCUT2D eigenvalue weighted by molar-refractivity contribution is 0.477. The Hall–Kier alpha value is -1.52. The van der Waals surface area contributed by atoms with E-state index >= 15 is 0 Å². The van der Waals surface area contributed by atoms with Crippen molar-refractivity contribution >= 4 is 33.4 Å². The zero-order valence-corrected chi connectivity index (χ0v) is 12.5. The van der Waals surface area contributed by atoms with Gasteiger partial charge in [-0.15, -0.1) is 0 Å². The normalized spacial score (nSPS) is 10.3. The molecular weight excluding hydrogens is 328 g/mol. The van der Waals surface area contributed by atoms with E-state index < -0.39 is 0 Å². The molecule has 0 aliphatic heterocycles. The number of nitrogens with one attached hydrogen (secondary N) is 1. The molecule has 2 rings (SSSR count). The number of halogens is 2. The molecule has 19 heavy (non-hydrogen) atoms. The van der Waals surface area contributed by atoms with Gasteiger partial charge in [-0.2, -0.15) is 0 Å². The summed E-state index contributed by atoms with van der Waals surface area (Å²) in [7, 11) is 0. The Morgan fingerprint density at radius 1 is 1.21 bits per heavy atom. The quantitative estimate of drug-likeness (QED) is 0.639. The van der Waals surface area contributed by atoms with E-state index in [0.29, 0.717) is 22.1 Å². The average Bonchev–Trinajstić information content (AvgIpc) is 2.34. The van der Waals surface area contributed by atoms with Gasteiger partial charge in [-0.1, -0.05) is 27.5 Å². The minimum atomic E-state index is -0.0766. The first-order valence-corrected chi connectivity index (χ1v) is 6.72. The maximum atomic E-state index is 7.56. The molecule has 0 spiro atoms. The highest BCUT2D eigenvalue weighted by molar-refractivity contribution is 9.10. The summed E-state index contributed by atoms with van der Waals surface area (Å²) in [4.78, 5) is 0. The Kier molecular flexibility index (Phi) is 4.12. The molecule has 0 heterocycles. The van der Waals surface area contributed by atoms with Gasteiger partial charge in [0.15, 0.2) is 0 Å². The van der Waals surface area contributed by atoms with E-state index in [1.165, 1.54) is 0 Å². The van der Waals surface area contributed by atoms with Gasteiger partial charge in [0.05, 0.1) is 5.56 Å². The van der Waals surface area contributed by atoms with Crippen molar-refractivity contribution in [3.8, 4) is 11.5 Å². The molecule has 0 bridgehead atoms. The Labute approximate surface area is 125 Å². The number of nitrogen functional groups attached to an aromatic ring is 1. The molecule has 0 saturated carbocycles. The first kappa shape index (κ1) is 13.9. The van der Waals surface area contributed by atoms with Gasteiger partial charge in [0, 0.05) is 9.50 Å². The number of rotatable bonds is 3. The van der Waals surface area contributed by atoms with Gasteiger partial charge < -0.3 is 10.5 Å². The summed E-state index contributed by atoms with van der Waals surface area (Å²) in [5, 5.41) is 8.08. The fourth-order valence-corrected chi connectivity index (χ4v) is 2.30. The van der Waals surface area contributed by atoms with Crippen LogP contribution in [-0.4, -0.2) is 5.84 Å². The molecule has 5 heteroatoms. The summed E-state index contributed by atoms with van der Waals surface area (Å²) in [6.45, 7) is 1.95. The van der Waals surface area contributed by atoms with E-state index in [-0.39, 0.29) is 5.84 Å². The second kappa shape index (κ2) is 5.63. The minimum Gasteiger partial charge on any atom is -0.456 e. The zero-order valence-electron chi connectivity index (χ0n) is 10.2. The van der Waals surface area contributed by atoms with Crippen LogP contribution in [0.15, 0.2) is 40.9 Å². The smallest absolute Gasteiger partial charge is 0.138 e. The molecule has 0 aliphatic carbocycles. The Morgan fingerprint density at radius 3 is 2.53 bits per heavy atom. The minimum absolute atomic E-state index is 0.0766. The van der Waals surface area contributed by atoms with Crippen molar-refractivity contribution in [3.05, 3.63) is 57.0 Å². The summed E-state index contributed by atoms with van der Waals surface area (Å²) >= 11 is 9.30. The molecule has 0 fully saturated rings. The van der Waals surface area contributed by atoms with Crippen LogP contribution in [0, 0.1) is 12.3 Å². The molecule has 0 saturated heterocycles. The fraction of sp³-hybridized carbons (Fsp3) is 0.0714. The predicted molar refractivity (Wildman–Crippen MR) is 81.4 cm³/mol. The molecule has 2 aromatic carbocycles. The third-order valence-electron chi connectivity index (χ3n) is 2.59. The third kappa shape index (κ3) is 3.28. The van der Waals surface area contributed by atoms with Crippen LogP contribution < -0.4 is 10.5 Å². The number of hydrogen-bond donors (Lipinski definition) is 2. The van der Waals surface area contributed by atoms with Crippen LogP contribution in [-0.2, 0) is 0 Å². The second-order valence-electron chi connectivity index (χ2n) is 4.07. The van der Waals surface area contributed by atoms with Crippen LogP contribution in [0.25, 0.3) is 0 Å². The van der Waals surface area contributed by atoms with Gasteiger partial charge in [-0.05, 0) is 48.9 Å². The Morgan fingerprint density at radius 2 is 1.89 bits per heavy atom. The third-order valence-corrected chi connectivity index (χ3v) is 3.32. The van der Waals surface area contributed by atoms with E-state index in [0.717, 1.165) is 10.0 Å². The lowest BCUT2D eigenvalue weighted by Gasteiger charge is -2.12. The van der Waals surface area contributed by atoms with E-state index in [1.807, 2.05) is 25.1 Å².